The highest BCUT2D eigenvalue weighted by atomic mass is 79.9. The second-order valence-electron chi connectivity index (χ2n) is 2.90. The highest BCUT2D eigenvalue weighted by Crippen LogP contribution is 2.20. The van der Waals surface area contributed by atoms with Gasteiger partial charge in [0.15, 0.2) is 0 Å². The molecule has 2 aromatic rings. The van der Waals surface area contributed by atoms with E-state index >= 15 is 0 Å². The fourth-order valence-electron chi connectivity index (χ4n) is 1.16. The number of halogens is 1. The van der Waals surface area contributed by atoms with Crippen LogP contribution in [0.15, 0.2) is 28.9 Å². The van der Waals surface area contributed by atoms with Gasteiger partial charge >= 0.3 is 0 Å². The van der Waals surface area contributed by atoms with Crippen molar-refractivity contribution in [1.82, 2.24) is 10.1 Å². The third-order valence-corrected chi connectivity index (χ3v) is 2.48. The molecule has 0 aliphatic carbocycles. The minimum absolute atomic E-state index is 0.586. The Morgan fingerprint density at radius 2 is 2.33 bits per heavy atom. The lowest BCUT2D eigenvalue weighted by molar-refractivity contribution is 0.396. The quantitative estimate of drug-likeness (QED) is 0.803. The molecular weight excluding hydrogens is 260 g/mol. The predicted molar refractivity (Wildman–Crippen MR) is 58.9 cm³/mol. The molecule has 0 fully saturated rings. The number of aromatic nitrogens is 2. The molecule has 0 radical (unpaired) electrons. The second kappa shape index (κ2) is 4.44. The molecule has 0 aliphatic rings. The van der Waals surface area contributed by atoms with Crippen LogP contribution in [0.5, 0.6) is 5.88 Å². The Labute approximate surface area is 95.4 Å². The molecule has 78 valence electrons. The van der Waals surface area contributed by atoms with Crippen LogP contribution in [0.2, 0.25) is 0 Å². The summed E-state index contributed by atoms with van der Waals surface area (Å²) in [5.74, 6) is 1.38. The van der Waals surface area contributed by atoms with E-state index in [9.17, 15) is 0 Å². The molecule has 0 spiro atoms. The molecule has 0 N–H and O–H groups in total. The first-order valence-corrected chi connectivity index (χ1v) is 5.47. The van der Waals surface area contributed by atoms with Crippen molar-refractivity contribution in [3.05, 3.63) is 30.2 Å². The molecule has 5 heteroatoms. The molecule has 2 heterocycles. The number of nitrogens with zero attached hydrogens (tertiary/aromatic N) is 2. The van der Waals surface area contributed by atoms with Gasteiger partial charge in [-0.1, -0.05) is 21.1 Å². The van der Waals surface area contributed by atoms with Crippen LogP contribution in [0.1, 0.15) is 5.76 Å². The fraction of sp³-hybridized carbons (Fsp3) is 0.200. The predicted octanol–water partition coefficient (Wildman–Crippen LogP) is 2.64. The van der Waals surface area contributed by atoms with Crippen LogP contribution in [0.3, 0.4) is 0 Å². The molecular formula is C10H9BrN2O2. The van der Waals surface area contributed by atoms with E-state index in [2.05, 4.69) is 26.1 Å². The van der Waals surface area contributed by atoms with Crippen LogP contribution in [-0.4, -0.2) is 17.3 Å². The maximum Gasteiger partial charge on any atom is 0.212 e. The number of ether oxygens (including phenoxy) is 1. The van der Waals surface area contributed by atoms with Crippen LogP contribution >= 0.6 is 15.9 Å². The Morgan fingerprint density at radius 1 is 1.47 bits per heavy atom. The van der Waals surface area contributed by atoms with E-state index < -0.39 is 0 Å². The van der Waals surface area contributed by atoms with Gasteiger partial charge in [0.05, 0.1) is 12.4 Å². The molecule has 0 aliphatic heterocycles. The summed E-state index contributed by atoms with van der Waals surface area (Å²) in [5, 5.41) is 4.58. The highest BCUT2D eigenvalue weighted by Gasteiger charge is 2.05. The first kappa shape index (κ1) is 10.2. The first-order chi connectivity index (χ1) is 7.33. The van der Waals surface area contributed by atoms with Gasteiger partial charge in [0.25, 0.3) is 0 Å². The molecule has 15 heavy (non-hydrogen) atoms. The molecule has 0 saturated heterocycles. The molecule has 0 atom stereocenters. The lowest BCUT2D eigenvalue weighted by Gasteiger charge is -1.98. The summed E-state index contributed by atoms with van der Waals surface area (Å²) >= 11 is 3.30. The average molecular weight is 269 g/mol. The number of rotatable bonds is 3. The van der Waals surface area contributed by atoms with Crippen molar-refractivity contribution < 1.29 is 9.26 Å². The Morgan fingerprint density at radius 3 is 2.87 bits per heavy atom. The van der Waals surface area contributed by atoms with Crippen LogP contribution in [0, 0.1) is 0 Å². The van der Waals surface area contributed by atoms with Gasteiger partial charge in [-0.05, 0) is 6.07 Å². The van der Waals surface area contributed by atoms with E-state index in [1.54, 1.807) is 19.4 Å². The third kappa shape index (κ3) is 2.18. The molecule has 2 rings (SSSR count). The van der Waals surface area contributed by atoms with Gasteiger partial charge in [0.2, 0.25) is 5.88 Å². The van der Waals surface area contributed by atoms with E-state index in [0.29, 0.717) is 11.2 Å². The van der Waals surface area contributed by atoms with Gasteiger partial charge in [-0.3, -0.25) is 0 Å². The normalized spacial score (nSPS) is 10.3. The maximum atomic E-state index is 5.07. The smallest absolute Gasteiger partial charge is 0.212 e. The van der Waals surface area contributed by atoms with Crippen molar-refractivity contribution in [3.8, 4) is 17.1 Å². The van der Waals surface area contributed by atoms with E-state index in [1.165, 1.54) is 0 Å². The average Bonchev–Trinajstić information content (AvgIpc) is 2.78. The van der Waals surface area contributed by atoms with E-state index in [-0.39, 0.29) is 0 Å². The number of methoxy groups -OCH3 is 1. The summed E-state index contributed by atoms with van der Waals surface area (Å²) in [7, 11) is 1.58. The zero-order valence-corrected chi connectivity index (χ0v) is 9.69. The molecule has 0 aromatic carbocycles. The van der Waals surface area contributed by atoms with Gasteiger partial charge in [-0.15, -0.1) is 0 Å². The summed E-state index contributed by atoms with van der Waals surface area (Å²) in [6.07, 6.45) is 1.70. The Bertz CT molecular complexity index is 439. The van der Waals surface area contributed by atoms with E-state index in [1.807, 2.05) is 12.1 Å². The Kier molecular flexibility index (Phi) is 3.01. The number of alkyl halides is 1. The topological polar surface area (TPSA) is 48.2 Å². The monoisotopic (exact) mass is 268 g/mol. The summed E-state index contributed by atoms with van der Waals surface area (Å²) in [6, 6.07) is 5.55. The molecule has 4 nitrogen and oxygen atoms in total. The molecule has 0 bridgehead atoms. The van der Waals surface area contributed by atoms with Crippen molar-refractivity contribution in [2.24, 2.45) is 0 Å². The molecule has 0 amide bonds. The third-order valence-electron chi connectivity index (χ3n) is 1.93. The van der Waals surface area contributed by atoms with Crippen LogP contribution < -0.4 is 4.74 Å². The standard InChI is InChI=1S/C10H9BrN2O2/c1-14-10-3-2-7(6-12-10)9-4-8(5-11)15-13-9/h2-4,6H,5H2,1H3. The van der Waals surface area contributed by atoms with Crippen molar-refractivity contribution in [2.75, 3.05) is 7.11 Å². The molecule has 0 unspecified atom stereocenters. The number of pyridine rings is 1. The van der Waals surface area contributed by atoms with Crippen molar-refractivity contribution in [1.29, 1.82) is 0 Å². The summed E-state index contributed by atoms with van der Waals surface area (Å²) in [6.45, 7) is 0. The number of hydrogen-bond acceptors (Lipinski definition) is 4. The Balaban J connectivity index is 2.28. The molecule has 2 aromatic heterocycles. The highest BCUT2D eigenvalue weighted by molar-refractivity contribution is 9.08. The first-order valence-electron chi connectivity index (χ1n) is 4.35. The van der Waals surface area contributed by atoms with Crippen LogP contribution in [-0.2, 0) is 5.33 Å². The zero-order chi connectivity index (χ0) is 10.7. The van der Waals surface area contributed by atoms with E-state index in [4.69, 9.17) is 9.26 Å². The van der Waals surface area contributed by atoms with Crippen LogP contribution in [0.4, 0.5) is 0 Å². The van der Waals surface area contributed by atoms with Gasteiger partial charge in [-0.2, -0.15) is 0 Å². The van der Waals surface area contributed by atoms with Crippen molar-refractivity contribution >= 4 is 15.9 Å². The van der Waals surface area contributed by atoms with Crippen LogP contribution in [0.25, 0.3) is 11.3 Å². The molecule has 0 saturated carbocycles. The SMILES string of the molecule is COc1ccc(-c2cc(CBr)on2)cn1. The van der Waals surface area contributed by atoms with E-state index in [0.717, 1.165) is 17.0 Å². The van der Waals surface area contributed by atoms with Crippen molar-refractivity contribution in [3.63, 3.8) is 0 Å². The minimum atomic E-state index is 0.586. The largest absolute Gasteiger partial charge is 0.481 e. The second-order valence-corrected chi connectivity index (χ2v) is 3.46. The Hall–Kier alpha value is -1.36. The van der Waals surface area contributed by atoms with Crippen molar-refractivity contribution in [2.45, 2.75) is 5.33 Å². The van der Waals surface area contributed by atoms with Gasteiger partial charge in [0.1, 0.15) is 11.5 Å². The van der Waals surface area contributed by atoms with Gasteiger partial charge in [0, 0.05) is 23.9 Å². The zero-order valence-electron chi connectivity index (χ0n) is 8.11. The summed E-state index contributed by atoms with van der Waals surface area (Å²) in [5.41, 5.74) is 1.69. The number of hydrogen-bond donors (Lipinski definition) is 0. The fourth-order valence-corrected chi connectivity index (χ4v) is 1.43. The lowest BCUT2D eigenvalue weighted by atomic mass is 10.2. The minimum Gasteiger partial charge on any atom is -0.481 e. The van der Waals surface area contributed by atoms with Gasteiger partial charge < -0.3 is 9.26 Å². The summed E-state index contributed by atoms with van der Waals surface area (Å²) in [4.78, 5) is 4.09. The summed E-state index contributed by atoms with van der Waals surface area (Å²) < 4.78 is 10.0. The van der Waals surface area contributed by atoms with Gasteiger partial charge in [-0.25, -0.2) is 4.98 Å². The lowest BCUT2D eigenvalue weighted by Crippen LogP contribution is -1.86. The maximum absolute atomic E-state index is 5.07.